The summed E-state index contributed by atoms with van der Waals surface area (Å²) in [5, 5.41) is 2.37. The maximum absolute atomic E-state index is 5.04. The van der Waals surface area contributed by atoms with Crippen molar-refractivity contribution in [3.05, 3.63) is 0 Å². The zero-order valence-electron chi connectivity index (χ0n) is 5.33. The molecule has 0 radical (unpaired) electrons. The highest BCUT2D eigenvalue weighted by molar-refractivity contribution is 7.78. The van der Waals surface area contributed by atoms with E-state index in [1.54, 1.807) is 7.11 Å². The predicted molar refractivity (Wildman–Crippen MR) is 38.8 cm³/mol. The Balaban J connectivity index is 2.19. The van der Waals surface area contributed by atoms with E-state index < -0.39 is 0 Å². The molecule has 3 heteroatoms. The first-order valence-electron chi connectivity index (χ1n) is 2.96. The molecule has 1 rings (SSSR count). The third kappa shape index (κ3) is 1.58. The van der Waals surface area contributed by atoms with Crippen molar-refractivity contribution in [3.8, 4) is 0 Å². The van der Waals surface area contributed by atoms with Gasteiger partial charge in [-0.3, -0.25) is 0 Å². The van der Waals surface area contributed by atoms with Gasteiger partial charge in [-0.05, 0) is 25.1 Å². The molecule has 0 unspecified atom stereocenters. The first-order valence-corrected chi connectivity index (χ1v) is 3.37. The van der Waals surface area contributed by atoms with Gasteiger partial charge in [0.2, 0.25) is 0 Å². The van der Waals surface area contributed by atoms with Crippen LogP contribution in [0.4, 0.5) is 0 Å². The molecule has 0 heterocycles. The van der Waals surface area contributed by atoms with Crippen LogP contribution < -0.4 is 0 Å². The monoisotopic (exact) mass is 143 g/mol. The molecule has 0 N–H and O–H groups in total. The summed E-state index contributed by atoms with van der Waals surface area (Å²) in [6.45, 7) is 0. The molecule has 9 heavy (non-hydrogen) atoms. The minimum atomic E-state index is 0.396. The number of methoxy groups -OCH3 is 1. The Morgan fingerprint density at radius 3 is 2.78 bits per heavy atom. The molecule has 0 aliphatic heterocycles. The topological polar surface area (TPSA) is 21.6 Å². The van der Waals surface area contributed by atoms with Gasteiger partial charge in [-0.2, -0.15) is 0 Å². The van der Waals surface area contributed by atoms with Crippen molar-refractivity contribution in [1.82, 2.24) is 0 Å². The molecule has 1 saturated carbocycles. The molecule has 50 valence electrons. The summed E-state index contributed by atoms with van der Waals surface area (Å²) in [5.74, 6) is 0. The Labute approximate surface area is 59.9 Å². The summed E-state index contributed by atoms with van der Waals surface area (Å²) in [4.78, 5) is 3.91. The van der Waals surface area contributed by atoms with Crippen molar-refractivity contribution < 1.29 is 4.74 Å². The predicted octanol–water partition coefficient (Wildman–Crippen LogP) is 1.27. The third-order valence-electron chi connectivity index (χ3n) is 1.64. The lowest BCUT2D eigenvalue weighted by atomic mass is 9.90. The zero-order valence-corrected chi connectivity index (χ0v) is 6.15. The minimum Gasteiger partial charge on any atom is -0.381 e. The molecule has 0 aromatic heterocycles. The Bertz CT molecular complexity index is 136. The second-order valence-electron chi connectivity index (χ2n) is 2.20. The molecular formula is C6H9NOS. The number of aliphatic imine (C=N–C) groups is 1. The lowest BCUT2D eigenvalue weighted by Crippen LogP contribution is -2.33. The first kappa shape index (κ1) is 6.87. The highest BCUT2D eigenvalue weighted by atomic mass is 32.1. The van der Waals surface area contributed by atoms with Crippen molar-refractivity contribution in [2.24, 2.45) is 4.99 Å². The van der Waals surface area contributed by atoms with E-state index in [4.69, 9.17) is 4.74 Å². The van der Waals surface area contributed by atoms with Crippen LogP contribution in [0.5, 0.6) is 0 Å². The van der Waals surface area contributed by atoms with E-state index in [-0.39, 0.29) is 0 Å². The molecule has 0 atom stereocenters. The number of isothiocyanates is 1. The molecule has 1 aliphatic carbocycles. The lowest BCUT2D eigenvalue weighted by molar-refractivity contribution is 0.0287. The fourth-order valence-electron chi connectivity index (χ4n) is 0.910. The van der Waals surface area contributed by atoms with Crippen molar-refractivity contribution in [2.45, 2.75) is 25.0 Å². The average molecular weight is 143 g/mol. The smallest absolute Gasteiger partial charge is 0.0652 e. The number of hydrogen-bond donors (Lipinski definition) is 0. The maximum Gasteiger partial charge on any atom is 0.0652 e. The van der Waals surface area contributed by atoms with Gasteiger partial charge < -0.3 is 4.74 Å². The Kier molecular flexibility index (Phi) is 2.34. The van der Waals surface area contributed by atoms with E-state index in [1.165, 1.54) is 0 Å². The van der Waals surface area contributed by atoms with Gasteiger partial charge in [-0.25, -0.2) is 4.99 Å². The van der Waals surface area contributed by atoms with Crippen LogP contribution in [0.1, 0.15) is 12.8 Å². The highest BCUT2D eigenvalue weighted by Gasteiger charge is 2.27. The molecule has 1 fully saturated rings. The van der Waals surface area contributed by atoms with Crippen LogP contribution in [0.2, 0.25) is 0 Å². The normalized spacial score (nSPS) is 32.6. The SMILES string of the molecule is CO[C@H]1C[C@@H](N=C=S)C1. The van der Waals surface area contributed by atoms with Crippen LogP contribution in [0.15, 0.2) is 4.99 Å². The van der Waals surface area contributed by atoms with E-state index in [0.717, 1.165) is 12.8 Å². The number of thiocarbonyl (C=S) groups is 1. The molecule has 0 amide bonds. The van der Waals surface area contributed by atoms with Gasteiger partial charge in [0.05, 0.1) is 17.3 Å². The largest absolute Gasteiger partial charge is 0.381 e. The van der Waals surface area contributed by atoms with Crippen molar-refractivity contribution in [1.29, 1.82) is 0 Å². The second-order valence-corrected chi connectivity index (χ2v) is 2.39. The van der Waals surface area contributed by atoms with Crippen LogP contribution in [0, 0.1) is 0 Å². The molecule has 0 saturated heterocycles. The molecule has 0 spiro atoms. The van der Waals surface area contributed by atoms with Crippen LogP contribution >= 0.6 is 12.2 Å². The van der Waals surface area contributed by atoms with Crippen LogP contribution in [-0.2, 0) is 4.74 Å². The van der Waals surface area contributed by atoms with Gasteiger partial charge in [0.25, 0.3) is 0 Å². The van der Waals surface area contributed by atoms with Crippen molar-refractivity contribution in [3.63, 3.8) is 0 Å². The van der Waals surface area contributed by atoms with E-state index >= 15 is 0 Å². The van der Waals surface area contributed by atoms with Crippen LogP contribution in [-0.4, -0.2) is 24.4 Å². The van der Waals surface area contributed by atoms with E-state index in [1.807, 2.05) is 0 Å². The minimum absolute atomic E-state index is 0.396. The summed E-state index contributed by atoms with van der Waals surface area (Å²) in [5.41, 5.74) is 0. The summed E-state index contributed by atoms with van der Waals surface area (Å²) in [6.07, 6.45) is 2.45. The quantitative estimate of drug-likeness (QED) is 0.429. The summed E-state index contributed by atoms with van der Waals surface area (Å²) < 4.78 is 5.04. The first-order chi connectivity index (χ1) is 4.36. The Morgan fingerprint density at radius 2 is 2.33 bits per heavy atom. The summed E-state index contributed by atoms with van der Waals surface area (Å²) in [7, 11) is 1.72. The third-order valence-corrected chi connectivity index (χ3v) is 1.74. The van der Waals surface area contributed by atoms with Gasteiger partial charge in [-0.1, -0.05) is 0 Å². The summed E-state index contributed by atoms with van der Waals surface area (Å²) in [6, 6.07) is 0.396. The van der Waals surface area contributed by atoms with Gasteiger partial charge in [0.15, 0.2) is 0 Å². The van der Waals surface area contributed by atoms with Crippen LogP contribution in [0.3, 0.4) is 0 Å². The molecule has 0 aromatic rings. The second kappa shape index (κ2) is 3.06. The van der Waals surface area contributed by atoms with E-state index in [2.05, 4.69) is 22.4 Å². The average Bonchev–Trinajstić information content (AvgIpc) is 1.77. The van der Waals surface area contributed by atoms with Crippen molar-refractivity contribution in [2.75, 3.05) is 7.11 Å². The van der Waals surface area contributed by atoms with Crippen LogP contribution in [0.25, 0.3) is 0 Å². The van der Waals surface area contributed by atoms with Gasteiger partial charge in [0, 0.05) is 7.11 Å². The molecule has 1 aliphatic rings. The van der Waals surface area contributed by atoms with Crippen molar-refractivity contribution >= 4 is 17.4 Å². The number of nitrogens with zero attached hydrogens (tertiary/aromatic N) is 1. The molecule has 0 bridgehead atoms. The molecule has 0 aromatic carbocycles. The fourth-order valence-corrected chi connectivity index (χ4v) is 1.06. The van der Waals surface area contributed by atoms with Gasteiger partial charge in [0.1, 0.15) is 0 Å². The van der Waals surface area contributed by atoms with Gasteiger partial charge in [-0.15, -0.1) is 0 Å². The van der Waals surface area contributed by atoms with E-state index in [9.17, 15) is 0 Å². The Morgan fingerprint density at radius 1 is 1.67 bits per heavy atom. The number of rotatable bonds is 2. The molecular weight excluding hydrogens is 134 g/mol. The van der Waals surface area contributed by atoms with Gasteiger partial charge >= 0.3 is 0 Å². The summed E-state index contributed by atoms with van der Waals surface area (Å²) >= 11 is 4.45. The maximum atomic E-state index is 5.04. The van der Waals surface area contributed by atoms with E-state index in [0.29, 0.717) is 12.1 Å². The Hall–Kier alpha value is -0.240. The highest BCUT2D eigenvalue weighted by Crippen LogP contribution is 2.24. The standard InChI is InChI=1S/C6H9NOS/c1-8-6-2-5(3-6)7-4-9/h5-6H,2-3H2,1H3/t5-,6+. The number of hydrogen-bond acceptors (Lipinski definition) is 3. The number of ether oxygens (including phenoxy) is 1. The molecule has 2 nitrogen and oxygen atoms in total. The zero-order chi connectivity index (χ0) is 6.69. The fraction of sp³-hybridized carbons (Fsp3) is 0.833. The lowest BCUT2D eigenvalue weighted by Gasteiger charge is -2.29.